The van der Waals surface area contributed by atoms with E-state index in [2.05, 4.69) is 5.92 Å². The summed E-state index contributed by atoms with van der Waals surface area (Å²) in [4.78, 5) is 12.6. The molecule has 0 bridgehead atoms. The van der Waals surface area contributed by atoms with Gasteiger partial charge in [-0.15, -0.1) is 6.42 Å². The Kier molecular flexibility index (Phi) is 3.59. The van der Waals surface area contributed by atoms with Crippen LogP contribution in [-0.2, 0) is 0 Å². The molecule has 4 heteroatoms. The van der Waals surface area contributed by atoms with Gasteiger partial charge in [0.25, 0.3) is 0 Å². The number of nitrogens with zero attached hydrogens (tertiary/aromatic N) is 1. The van der Waals surface area contributed by atoms with Gasteiger partial charge in [0, 0.05) is 7.05 Å². The summed E-state index contributed by atoms with van der Waals surface area (Å²) in [6, 6.07) is 4.73. The third-order valence-electron chi connectivity index (χ3n) is 1.93. The molecule has 0 saturated carbocycles. The first-order valence-electron chi connectivity index (χ1n) is 4.24. The average Bonchev–Trinajstić information content (AvgIpc) is 2.17. The van der Waals surface area contributed by atoms with Gasteiger partial charge in [-0.3, -0.25) is 0 Å². The molecular weight excluding hydrogens is 214 g/mol. The fraction of sp³-hybridized carbons (Fsp3) is 0.182. The van der Waals surface area contributed by atoms with E-state index in [1.807, 2.05) is 0 Å². The molecule has 1 rings (SSSR count). The number of anilines is 1. The van der Waals surface area contributed by atoms with Crippen molar-refractivity contribution in [1.29, 1.82) is 0 Å². The van der Waals surface area contributed by atoms with Crippen LogP contribution in [0.3, 0.4) is 0 Å². The Morgan fingerprint density at radius 1 is 1.67 bits per heavy atom. The fourth-order valence-electron chi connectivity index (χ4n) is 1.29. The van der Waals surface area contributed by atoms with Gasteiger partial charge >= 0.3 is 5.97 Å². The molecule has 15 heavy (non-hydrogen) atoms. The number of hydrogen-bond acceptors (Lipinski definition) is 2. The first kappa shape index (κ1) is 11.4. The Balaban J connectivity index is 3.25. The monoisotopic (exact) mass is 223 g/mol. The normalized spacial score (nSPS) is 9.40. The third kappa shape index (κ3) is 2.42. The summed E-state index contributed by atoms with van der Waals surface area (Å²) in [5.41, 5.74) is 0.602. The second-order valence-electron chi connectivity index (χ2n) is 3.00. The largest absolute Gasteiger partial charge is 0.478 e. The molecule has 0 fully saturated rings. The van der Waals surface area contributed by atoms with Crippen LogP contribution in [0.5, 0.6) is 0 Å². The lowest BCUT2D eigenvalue weighted by Crippen LogP contribution is -2.20. The molecule has 0 aliphatic carbocycles. The zero-order valence-corrected chi connectivity index (χ0v) is 8.95. The van der Waals surface area contributed by atoms with Crippen molar-refractivity contribution >= 4 is 23.3 Å². The van der Waals surface area contributed by atoms with Gasteiger partial charge in [0.2, 0.25) is 0 Å². The summed E-state index contributed by atoms with van der Waals surface area (Å²) in [5.74, 6) is 1.42. The second kappa shape index (κ2) is 4.72. The lowest BCUT2D eigenvalue weighted by Gasteiger charge is -2.19. The molecule has 0 heterocycles. The highest BCUT2D eigenvalue weighted by Gasteiger charge is 2.15. The number of rotatable bonds is 3. The van der Waals surface area contributed by atoms with Crippen LogP contribution >= 0.6 is 11.6 Å². The Morgan fingerprint density at radius 2 is 2.33 bits per heavy atom. The predicted molar refractivity (Wildman–Crippen MR) is 60.5 cm³/mol. The molecule has 1 N–H and O–H groups in total. The number of carboxylic acid groups (broad SMARTS) is 1. The number of para-hydroxylation sites is 1. The molecule has 3 nitrogen and oxygen atoms in total. The van der Waals surface area contributed by atoms with Crippen molar-refractivity contribution in [2.75, 3.05) is 18.5 Å². The summed E-state index contributed by atoms with van der Waals surface area (Å²) in [5, 5.41) is 9.35. The molecule has 78 valence electrons. The van der Waals surface area contributed by atoms with E-state index in [1.165, 1.54) is 6.07 Å². The van der Waals surface area contributed by atoms with E-state index >= 15 is 0 Å². The SMILES string of the molecule is C#CCN(C)c1c(Cl)cccc1C(=O)O. The highest BCUT2D eigenvalue weighted by atomic mass is 35.5. The van der Waals surface area contributed by atoms with E-state index in [0.717, 1.165) is 0 Å². The average molecular weight is 224 g/mol. The van der Waals surface area contributed by atoms with Crippen molar-refractivity contribution in [3.05, 3.63) is 28.8 Å². The Hall–Kier alpha value is -1.66. The minimum Gasteiger partial charge on any atom is -0.478 e. The molecule has 0 amide bonds. The van der Waals surface area contributed by atoms with E-state index < -0.39 is 5.97 Å². The molecule has 0 spiro atoms. The zero-order valence-electron chi connectivity index (χ0n) is 8.20. The maximum Gasteiger partial charge on any atom is 0.337 e. The lowest BCUT2D eigenvalue weighted by atomic mass is 10.1. The molecule has 0 aromatic heterocycles. The molecule has 0 aliphatic heterocycles. The van der Waals surface area contributed by atoms with Crippen molar-refractivity contribution in [1.82, 2.24) is 0 Å². The van der Waals surface area contributed by atoms with Crippen LogP contribution in [-0.4, -0.2) is 24.7 Å². The van der Waals surface area contributed by atoms with Gasteiger partial charge in [-0.2, -0.15) is 0 Å². The van der Waals surface area contributed by atoms with Crippen molar-refractivity contribution in [2.45, 2.75) is 0 Å². The fourth-order valence-corrected chi connectivity index (χ4v) is 1.61. The minimum absolute atomic E-state index is 0.153. The topological polar surface area (TPSA) is 40.5 Å². The van der Waals surface area contributed by atoms with Crippen molar-refractivity contribution in [3.8, 4) is 12.3 Å². The number of carbonyl (C=O) groups is 1. The van der Waals surface area contributed by atoms with Crippen LogP contribution in [0.15, 0.2) is 18.2 Å². The Labute approximate surface area is 93.3 Å². The van der Waals surface area contributed by atoms with Crippen molar-refractivity contribution in [3.63, 3.8) is 0 Å². The van der Waals surface area contributed by atoms with Gasteiger partial charge in [-0.25, -0.2) is 4.79 Å². The Bertz CT molecular complexity index is 423. The quantitative estimate of drug-likeness (QED) is 0.798. The molecule has 0 aliphatic rings. The maximum atomic E-state index is 10.9. The molecule has 1 aromatic carbocycles. The predicted octanol–water partition coefficient (Wildman–Crippen LogP) is 2.11. The number of terminal acetylenes is 1. The van der Waals surface area contributed by atoms with Gasteiger partial charge < -0.3 is 10.0 Å². The van der Waals surface area contributed by atoms with Crippen LogP contribution in [0.4, 0.5) is 5.69 Å². The lowest BCUT2D eigenvalue weighted by molar-refractivity contribution is 0.0697. The number of carboxylic acids is 1. The van der Waals surface area contributed by atoms with E-state index in [4.69, 9.17) is 23.1 Å². The van der Waals surface area contributed by atoms with E-state index in [9.17, 15) is 4.79 Å². The smallest absolute Gasteiger partial charge is 0.337 e. The first-order valence-corrected chi connectivity index (χ1v) is 4.62. The van der Waals surface area contributed by atoms with Crippen LogP contribution in [0, 0.1) is 12.3 Å². The number of aromatic carboxylic acids is 1. The first-order chi connectivity index (χ1) is 7.07. The summed E-state index contributed by atoms with van der Waals surface area (Å²) < 4.78 is 0. The molecule has 0 saturated heterocycles. The van der Waals surface area contributed by atoms with Crippen LogP contribution in [0.25, 0.3) is 0 Å². The summed E-state index contributed by atoms with van der Waals surface area (Å²) in [6.07, 6.45) is 5.16. The standard InChI is InChI=1S/C11H10ClNO2/c1-3-7-13(2)10-8(11(14)15)5-4-6-9(10)12/h1,4-6H,7H2,2H3,(H,14,15). The van der Waals surface area contributed by atoms with E-state index in [0.29, 0.717) is 17.3 Å². The minimum atomic E-state index is -1.02. The molecule has 1 aromatic rings. The van der Waals surface area contributed by atoms with Crippen molar-refractivity contribution < 1.29 is 9.90 Å². The van der Waals surface area contributed by atoms with Gasteiger partial charge in [0.05, 0.1) is 22.8 Å². The summed E-state index contributed by atoms with van der Waals surface area (Å²) in [6.45, 7) is 0.310. The third-order valence-corrected chi connectivity index (χ3v) is 2.23. The van der Waals surface area contributed by atoms with Gasteiger partial charge in [-0.05, 0) is 12.1 Å². The Morgan fingerprint density at radius 3 is 2.87 bits per heavy atom. The van der Waals surface area contributed by atoms with Gasteiger partial charge in [0.15, 0.2) is 0 Å². The summed E-state index contributed by atoms with van der Waals surface area (Å²) >= 11 is 5.93. The second-order valence-corrected chi connectivity index (χ2v) is 3.41. The molecule has 0 unspecified atom stereocenters. The number of hydrogen-bond donors (Lipinski definition) is 1. The van der Waals surface area contributed by atoms with Crippen LogP contribution in [0.2, 0.25) is 5.02 Å². The van der Waals surface area contributed by atoms with Crippen LogP contribution in [0.1, 0.15) is 10.4 Å². The molecule has 0 radical (unpaired) electrons. The zero-order chi connectivity index (χ0) is 11.4. The van der Waals surface area contributed by atoms with Crippen molar-refractivity contribution in [2.24, 2.45) is 0 Å². The van der Waals surface area contributed by atoms with Gasteiger partial charge in [0.1, 0.15) is 0 Å². The number of benzene rings is 1. The summed E-state index contributed by atoms with van der Waals surface area (Å²) in [7, 11) is 1.70. The molecular formula is C11H10ClNO2. The molecule has 0 atom stereocenters. The maximum absolute atomic E-state index is 10.9. The van der Waals surface area contributed by atoms with Gasteiger partial charge in [-0.1, -0.05) is 23.6 Å². The number of halogens is 1. The van der Waals surface area contributed by atoms with Crippen LogP contribution < -0.4 is 4.90 Å². The highest BCUT2D eigenvalue weighted by Crippen LogP contribution is 2.28. The highest BCUT2D eigenvalue weighted by molar-refractivity contribution is 6.34. The van der Waals surface area contributed by atoms with E-state index in [1.54, 1.807) is 24.1 Å². The van der Waals surface area contributed by atoms with E-state index in [-0.39, 0.29) is 5.56 Å².